The van der Waals surface area contributed by atoms with Crippen molar-refractivity contribution in [2.45, 2.75) is 56.8 Å². The molecule has 0 aromatic heterocycles. The van der Waals surface area contributed by atoms with Gasteiger partial charge in [-0.1, -0.05) is 190 Å². The fourth-order valence-electron chi connectivity index (χ4n) is 14.9. The molecule has 4 bridgehead atoms. The van der Waals surface area contributed by atoms with Gasteiger partial charge in [0.15, 0.2) is 0 Å². The third-order valence-electron chi connectivity index (χ3n) is 17.5. The first-order chi connectivity index (χ1) is 33.4. The molecule has 68 heavy (non-hydrogen) atoms. The van der Waals surface area contributed by atoms with Crippen LogP contribution in [-0.2, 0) is 10.8 Å². The maximum atomic E-state index is 2.65. The highest BCUT2D eigenvalue weighted by atomic mass is 15.1. The monoisotopic (exact) mass is 873 g/mol. The minimum atomic E-state index is -0.115. The van der Waals surface area contributed by atoms with Crippen molar-refractivity contribution in [3.63, 3.8) is 0 Å². The Kier molecular flexibility index (Phi) is 8.89. The van der Waals surface area contributed by atoms with Crippen LogP contribution in [0.25, 0.3) is 66.8 Å². The van der Waals surface area contributed by atoms with E-state index in [4.69, 9.17) is 0 Å². The molecule has 0 saturated heterocycles. The highest BCUT2D eigenvalue weighted by Gasteiger charge is 2.61. The van der Waals surface area contributed by atoms with Gasteiger partial charge in [-0.25, -0.2) is 0 Å². The SMILES string of the molecule is CC1(C)c2ccccc2-c2cccc(-c3cccc(N(c4ccc(-c5ccccc5-c5ccc(-c6ccccc6)cc5)cc4)c4ccc5c(c4)C4(c6ccccc6-5)C5CC6CC(C5)CC4C6)c3)c21. The molecule has 6 aliphatic rings. The van der Waals surface area contributed by atoms with Crippen LogP contribution in [0.1, 0.15) is 68.2 Å². The molecule has 0 unspecified atom stereocenters. The van der Waals surface area contributed by atoms with Gasteiger partial charge in [-0.05, 0) is 181 Å². The topological polar surface area (TPSA) is 3.24 Å². The Morgan fingerprint density at radius 1 is 0.324 bits per heavy atom. The molecule has 328 valence electrons. The quantitative estimate of drug-likeness (QED) is 0.154. The second-order valence-corrected chi connectivity index (χ2v) is 21.3. The van der Waals surface area contributed by atoms with Crippen molar-refractivity contribution < 1.29 is 0 Å². The zero-order chi connectivity index (χ0) is 45.1. The summed E-state index contributed by atoms with van der Waals surface area (Å²) in [5.74, 6) is 3.21. The Labute approximate surface area is 401 Å². The van der Waals surface area contributed by atoms with Crippen molar-refractivity contribution in [1.29, 1.82) is 0 Å². The van der Waals surface area contributed by atoms with E-state index in [1.165, 1.54) is 121 Å². The van der Waals surface area contributed by atoms with Gasteiger partial charge in [-0.3, -0.25) is 0 Å². The molecule has 1 heteroatoms. The Hall–Kier alpha value is -7.22. The molecule has 0 amide bonds. The van der Waals surface area contributed by atoms with Crippen LogP contribution in [0.2, 0.25) is 0 Å². The summed E-state index contributed by atoms with van der Waals surface area (Å²) in [6, 6.07) is 80.4. The fraction of sp³-hybridized carbons (Fsp3) is 0.194. The van der Waals surface area contributed by atoms with Crippen molar-refractivity contribution in [2.75, 3.05) is 4.90 Å². The number of benzene rings is 9. The van der Waals surface area contributed by atoms with Gasteiger partial charge in [0.1, 0.15) is 0 Å². The van der Waals surface area contributed by atoms with Gasteiger partial charge in [-0.15, -0.1) is 0 Å². The van der Waals surface area contributed by atoms with Crippen LogP contribution in [0.4, 0.5) is 17.1 Å². The van der Waals surface area contributed by atoms with E-state index in [0.29, 0.717) is 11.8 Å². The lowest BCUT2D eigenvalue weighted by Crippen LogP contribution is -2.55. The van der Waals surface area contributed by atoms with E-state index in [2.05, 4.69) is 231 Å². The largest absolute Gasteiger partial charge is 0.310 e. The zero-order valence-electron chi connectivity index (χ0n) is 39.0. The van der Waals surface area contributed by atoms with Gasteiger partial charge in [0.05, 0.1) is 0 Å². The molecule has 4 fully saturated rings. The Morgan fingerprint density at radius 3 is 1.49 bits per heavy atom. The predicted molar refractivity (Wildman–Crippen MR) is 284 cm³/mol. The van der Waals surface area contributed by atoms with Crippen LogP contribution >= 0.6 is 0 Å². The molecule has 6 aliphatic carbocycles. The molecular formula is C67H55N. The van der Waals surface area contributed by atoms with E-state index < -0.39 is 0 Å². The number of rotatable bonds is 7. The molecule has 0 radical (unpaired) electrons. The number of fused-ring (bicyclic) bond motifs is 6. The second kappa shape index (κ2) is 15.1. The molecule has 4 saturated carbocycles. The molecule has 1 spiro atoms. The molecule has 0 heterocycles. The molecule has 15 rings (SSSR count). The van der Waals surface area contributed by atoms with Crippen molar-refractivity contribution in [3.8, 4) is 66.8 Å². The van der Waals surface area contributed by atoms with E-state index in [1.54, 1.807) is 11.1 Å². The number of anilines is 3. The van der Waals surface area contributed by atoms with Crippen molar-refractivity contribution in [2.24, 2.45) is 23.7 Å². The third-order valence-corrected chi connectivity index (χ3v) is 17.5. The van der Waals surface area contributed by atoms with Crippen molar-refractivity contribution in [3.05, 3.63) is 235 Å². The van der Waals surface area contributed by atoms with Crippen LogP contribution in [-0.4, -0.2) is 0 Å². The highest BCUT2D eigenvalue weighted by Crippen LogP contribution is 2.69. The minimum Gasteiger partial charge on any atom is -0.310 e. The second-order valence-electron chi connectivity index (χ2n) is 21.3. The first kappa shape index (κ1) is 39.9. The molecule has 9 aromatic rings. The first-order valence-electron chi connectivity index (χ1n) is 25.2. The summed E-state index contributed by atoms with van der Waals surface area (Å²) in [6.45, 7) is 4.80. The number of nitrogens with zero attached hydrogens (tertiary/aromatic N) is 1. The smallest absolute Gasteiger partial charge is 0.0467 e. The summed E-state index contributed by atoms with van der Waals surface area (Å²) in [6.07, 6.45) is 6.95. The summed E-state index contributed by atoms with van der Waals surface area (Å²) in [5, 5.41) is 0. The van der Waals surface area contributed by atoms with Crippen molar-refractivity contribution >= 4 is 17.1 Å². The van der Waals surface area contributed by atoms with E-state index >= 15 is 0 Å². The molecule has 0 atom stereocenters. The molecule has 0 N–H and O–H groups in total. The summed E-state index contributed by atoms with van der Waals surface area (Å²) in [5.41, 5.74) is 25.1. The van der Waals surface area contributed by atoms with Crippen LogP contribution in [0.5, 0.6) is 0 Å². The molecule has 0 aliphatic heterocycles. The third kappa shape index (κ3) is 5.87. The average molecular weight is 874 g/mol. The summed E-state index contributed by atoms with van der Waals surface area (Å²) in [4.78, 5) is 2.55. The Balaban J connectivity index is 0.908. The van der Waals surface area contributed by atoms with Crippen LogP contribution < -0.4 is 4.90 Å². The van der Waals surface area contributed by atoms with Gasteiger partial charge in [0.2, 0.25) is 0 Å². The van der Waals surface area contributed by atoms with Gasteiger partial charge < -0.3 is 4.90 Å². The van der Waals surface area contributed by atoms with E-state index in [-0.39, 0.29) is 10.8 Å². The normalized spacial score (nSPS) is 21.9. The maximum absolute atomic E-state index is 2.65. The maximum Gasteiger partial charge on any atom is 0.0467 e. The average Bonchev–Trinajstić information content (AvgIpc) is 3.81. The Morgan fingerprint density at radius 2 is 0.794 bits per heavy atom. The lowest BCUT2D eigenvalue weighted by molar-refractivity contribution is -0.0399. The van der Waals surface area contributed by atoms with Crippen LogP contribution in [0.3, 0.4) is 0 Å². The van der Waals surface area contributed by atoms with E-state index in [9.17, 15) is 0 Å². The van der Waals surface area contributed by atoms with E-state index in [1.807, 2.05) is 0 Å². The predicted octanol–water partition coefficient (Wildman–Crippen LogP) is 17.9. The number of hydrogen-bond acceptors (Lipinski definition) is 1. The summed E-state index contributed by atoms with van der Waals surface area (Å²) >= 11 is 0. The van der Waals surface area contributed by atoms with Crippen LogP contribution in [0, 0.1) is 23.7 Å². The lowest BCUT2D eigenvalue weighted by atomic mass is 9.43. The molecule has 9 aromatic carbocycles. The van der Waals surface area contributed by atoms with Gasteiger partial charge >= 0.3 is 0 Å². The van der Waals surface area contributed by atoms with E-state index in [0.717, 1.165) is 17.5 Å². The Bertz CT molecular complexity index is 3400. The lowest BCUT2D eigenvalue weighted by Gasteiger charge is -2.61. The summed E-state index contributed by atoms with van der Waals surface area (Å²) < 4.78 is 0. The fourth-order valence-corrected chi connectivity index (χ4v) is 14.9. The van der Waals surface area contributed by atoms with Gasteiger partial charge in [0.25, 0.3) is 0 Å². The minimum absolute atomic E-state index is 0.0842. The first-order valence-corrected chi connectivity index (χ1v) is 25.2. The molecule has 1 nitrogen and oxygen atoms in total. The van der Waals surface area contributed by atoms with Crippen LogP contribution in [0.15, 0.2) is 212 Å². The highest BCUT2D eigenvalue weighted by molar-refractivity contribution is 5.92. The van der Waals surface area contributed by atoms with Gasteiger partial charge in [0, 0.05) is 27.9 Å². The number of hydrogen-bond donors (Lipinski definition) is 0. The molecular weight excluding hydrogens is 819 g/mol. The summed E-state index contributed by atoms with van der Waals surface area (Å²) in [7, 11) is 0. The standard InChI is InChI=1S/C67H55N/c1-66(2)62-24-10-8-21-59(62)61-23-13-22-57(65(61)66)49-16-12-17-53(41-49)68(52-32-30-48(31-33-52)56-19-7-6-18-55(56)47-28-26-46(27-29-47)45-14-4-3-5-15-45)54-34-35-60-58-20-9-11-25-63(58)67(64(60)42-54)50-37-43-36-44(39-50)40-51(67)38-43/h3-35,41-44,50-51H,36-40H2,1-2H3. The van der Waals surface area contributed by atoms with Gasteiger partial charge in [-0.2, -0.15) is 0 Å². The van der Waals surface area contributed by atoms with Crippen molar-refractivity contribution in [1.82, 2.24) is 0 Å². The zero-order valence-corrected chi connectivity index (χ0v) is 39.0.